The molecule has 1 aromatic heterocycles. The second kappa shape index (κ2) is 4.70. The number of amides is 1. The molecular formula is C12H18N2O2. The van der Waals surface area contributed by atoms with Crippen LogP contribution in [0.1, 0.15) is 42.5 Å². The second-order valence-corrected chi connectivity index (χ2v) is 4.51. The highest BCUT2D eigenvalue weighted by Crippen LogP contribution is 2.27. The van der Waals surface area contributed by atoms with E-state index in [9.17, 15) is 4.79 Å². The Morgan fingerprint density at radius 3 is 2.75 bits per heavy atom. The predicted octanol–water partition coefficient (Wildman–Crippen LogP) is 1.67. The molecule has 3 N–H and O–H groups in total. The van der Waals surface area contributed by atoms with E-state index in [0.717, 1.165) is 25.7 Å². The first kappa shape index (κ1) is 11.2. The van der Waals surface area contributed by atoms with Gasteiger partial charge in [0.25, 0.3) is 5.91 Å². The lowest BCUT2D eigenvalue weighted by Gasteiger charge is -2.37. The molecule has 4 heteroatoms. The highest BCUT2D eigenvalue weighted by Gasteiger charge is 2.32. The first-order valence-electron chi connectivity index (χ1n) is 5.81. The maximum absolute atomic E-state index is 11.9. The van der Waals surface area contributed by atoms with Crippen LogP contribution in [-0.2, 0) is 0 Å². The minimum absolute atomic E-state index is 0.0823. The summed E-state index contributed by atoms with van der Waals surface area (Å²) in [7, 11) is 0. The van der Waals surface area contributed by atoms with Crippen LogP contribution in [0.15, 0.2) is 23.0 Å². The van der Waals surface area contributed by atoms with Gasteiger partial charge in [-0.25, -0.2) is 0 Å². The second-order valence-electron chi connectivity index (χ2n) is 4.51. The van der Waals surface area contributed by atoms with Crippen molar-refractivity contribution in [1.82, 2.24) is 5.32 Å². The van der Waals surface area contributed by atoms with Crippen LogP contribution in [0.2, 0.25) is 0 Å². The van der Waals surface area contributed by atoms with Crippen LogP contribution >= 0.6 is 0 Å². The third-order valence-electron chi connectivity index (χ3n) is 3.36. The fourth-order valence-electron chi connectivity index (χ4n) is 2.32. The summed E-state index contributed by atoms with van der Waals surface area (Å²) >= 11 is 0. The third kappa shape index (κ3) is 2.27. The van der Waals surface area contributed by atoms with E-state index >= 15 is 0 Å². The van der Waals surface area contributed by atoms with Crippen LogP contribution in [0.4, 0.5) is 0 Å². The zero-order valence-electron chi connectivity index (χ0n) is 9.37. The molecule has 1 amide bonds. The smallest absolute Gasteiger partial charge is 0.255 e. The van der Waals surface area contributed by atoms with Gasteiger partial charge < -0.3 is 15.5 Å². The number of nitrogens with two attached hydrogens (primary N) is 1. The van der Waals surface area contributed by atoms with Crippen molar-refractivity contribution in [3.63, 3.8) is 0 Å². The zero-order valence-corrected chi connectivity index (χ0v) is 9.37. The molecule has 4 nitrogen and oxygen atoms in total. The van der Waals surface area contributed by atoms with Gasteiger partial charge in [-0.3, -0.25) is 4.79 Å². The van der Waals surface area contributed by atoms with Crippen molar-refractivity contribution >= 4 is 5.91 Å². The van der Waals surface area contributed by atoms with E-state index in [1.807, 2.05) is 0 Å². The standard InChI is InChI=1S/C12H18N2O2/c13-9-12(5-2-1-3-6-12)14-11(15)10-4-7-16-8-10/h4,7-8H,1-3,5-6,9,13H2,(H,14,15). The summed E-state index contributed by atoms with van der Waals surface area (Å²) < 4.78 is 4.90. The molecule has 1 aliphatic rings. The largest absolute Gasteiger partial charge is 0.472 e. The van der Waals surface area contributed by atoms with Crippen LogP contribution in [0.3, 0.4) is 0 Å². The van der Waals surface area contributed by atoms with Gasteiger partial charge in [0.15, 0.2) is 0 Å². The zero-order chi connectivity index (χ0) is 11.4. The lowest BCUT2D eigenvalue weighted by molar-refractivity contribution is 0.0874. The van der Waals surface area contributed by atoms with E-state index in [4.69, 9.17) is 10.2 Å². The van der Waals surface area contributed by atoms with Crippen LogP contribution in [0.5, 0.6) is 0 Å². The maximum atomic E-state index is 11.9. The molecule has 88 valence electrons. The molecule has 1 fully saturated rings. The van der Waals surface area contributed by atoms with E-state index in [0.29, 0.717) is 12.1 Å². The van der Waals surface area contributed by atoms with E-state index in [1.54, 1.807) is 6.07 Å². The summed E-state index contributed by atoms with van der Waals surface area (Å²) in [6.07, 6.45) is 8.45. The topological polar surface area (TPSA) is 68.3 Å². The summed E-state index contributed by atoms with van der Waals surface area (Å²) in [6.45, 7) is 0.511. The fourth-order valence-corrected chi connectivity index (χ4v) is 2.32. The number of nitrogens with one attached hydrogen (secondary N) is 1. The summed E-state index contributed by atoms with van der Waals surface area (Å²) in [5.74, 6) is -0.0823. The average Bonchev–Trinajstić information content (AvgIpc) is 2.84. The minimum Gasteiger partial charge on any atom is -0.472 e. The quantitative estimate of drug-likeness (QED) is 0.817. The molecule has 0 unspecified atom stereocenters. The van der Waals surface area contributed by atoms with Crippen LogP contribution in [0, 0.1) is 0 Å². The number of furan rings is 1. The molecule has 1 aromatic rings. The Morgan fingerprint density at radius 1 is 1.44 bits per heavy atom. The molecule has 16 heavy (non-hydrogen) atoms. The molecule has 0 spiro atoms. The molecule has 0 radical (unpaired) electrons. The maximum Gasteiger partial charge on any atom is 0.255 e. The van der Waals surface area contributed by atoms with Crippen molar-refractivity contribution in [2.75, 3.05) is 6.54 Å². The molecule has 0 aliphatic heterocycles. The SMILES string of the molecule is NCC1(NC(=O)c2ccoc2)CCCCC1. The summed E-state index contributed by atoms with van der Waals surface area (Å²) in [5, 5.41) is 3.06. The Morgan fingerprint density at radius 2 is 2.19 bits per heavy atom. The normalized spacial score (nSPS) is 19.3. The van der Waals surface area contributed by atoms with Crippen LogP contribution in [0.25, 0.3) is 0 Å². The van der Waals surface area contributed by atoms with Gasteiger partial charge in [-0.05, 0) is 18.9 Å². The van der Waals surface area contributed by atoms with Crippen molar-refractivity contribution in [3.05, 3.63) is 24.2 Å². The Labute approximate surface area is 95.2 Å². The van der Waals surface area contributed by atoms with Crippen LogP contribution < -0.4 is 11.1 Å². The Hall–Kier alpha value is -1.29. The predicted molar refractivity (Wildman–Crippen MR) is 61.0 cm³/mol. The third-order valence-corrected chi connectivity index (χ3v) is 3.36. The number of carbonyl (C=O) groups is 1. The number of rotatable bonds is 3. The number of carbonyl (C=O) groups excluding carboxylic acids is 1. The number of hydrogen-bond acceptors (Lipinski definition) is 3. The van der Waals surface area contributed by atoms with Crippen molar-refractivity contribution in [1.29, 1.82) is 0 Å². The first-order valence-corrected chi connectivity index (χ1v) is 5.81. The summed E-state index contributed by atoms with van der Waals surface area (Å²) in [5.41, 5.74) is 6.17. The van der Waals surface area contributed by atoms with E-state index in [1.165, 1.54) is 18.9 Å². The minimum atomic E-state index is -0.202. The highest BCUT2D eigenvalue weighted by molar-refractivity contribution is 5.94. The van der Waals surface area contributed by atoms with Crippen molar-refractivity contribution in [2.45, 2.75) is 37.6 Å². The Bertz CT molecular complexity index is 340. The molecule has 1 saturated carbocycles. The average molecular weight is 222 g/mol. The number of hydrogen-bond donors (Lipinski definition) is 2. The molecule has 0 saturated heterocycles. The van der Waals surface area contributed by atoms with Gasteiger partial charge in [0.05, 0.1) is 17.4 Å². The van der Waals surface area contributed by atoms with E-state index < -0.39 is 0 Å². The Kier molecular flexibility index (Phi) is 3.29. The lowest BCUT2D eigenvalue weighted by atomic mass is 9.81. The van der Waals surface area contributed by atoms with Crippen LogP contribution in [-0.4, -0.2) is 18.0 Å². The van der Waals surface area contributed by atoms with Gasteiger partial charge in [0.1, 0.15) is 6.26 Å². The van der Waals surface area contributed by atoms with E-state index in [-0.39, 0.29) is 11.4 Å². The van der Waals surface area contributed by atoms with Gasteiger partial charge in [-0.1, -0.05) is 19.3 Å². The summed E-state index contributed by atoms with van der Waals surface area (Å²) in [4.78, 5) is 11.9. The molecule has 1 heterocycles. The highest BCUT2D eigenvalue weighted by atomic mass is 16.3. The molecule has 0 bridgehead atoms. The fraction of sp³-hybridized carbons (Fsp3) is 0.583. The first-order chi connectivity index (χ1) is 7.76. The van der Waals surface area contributed by atoms with Gasteiger partial charge in [0, 0.05) is 6.54 Å². The molecular weight excluding hydrogens is 204 g/mol. The van der Waals surface area contributed by atoms with Gasteiger partial charge in [-0.2, -0.15) is 0 Å². The molecule has 0 atom stereocenters. The van der Waals surface area contributed by atoms with Gasteiger partial charge >= 0.3 is 0 Å². The van der Waals surface area contributed by atoms with E-state index in [2.05, 4.69) is 5.32 Å². The summed E-state index contributed by atoms with van der Waals surface area (Å²) in [6, 6.07) is 1.67. The van der Waals surface area contributed by atoms with Crippen molar-refractivity contribution in [2.24, 2.45) is 5.73 Å². The molecule has 0 aromatic carbocycles. The molecule has 2 rings (SSSR count). The van der Waals surface area contributed by atoms with Gasteiger partial charge in [-0.15, -0.1) is 0 Å². The van der Waals surface area contributed by atoms with Crippen molar-refractivity contribution < 1.29 is 9.21 Å². The monoisotopic (exact) mass is 222 g/mol. The van der Waals surface area contributed by atoms with Gasteiger partial charge in [0.2, 0.25) is 0 Å². The van der Waals surface area contributed by atoms with Crippen molar-refractivity contribution in [3.8, 4) is 0 Å². The Balaban J connectivity index is 2.03. The molecule has 1 aliphatic carbocycles. The lowest BCUT2D eigenvalue weighted by Crippen LogP contribution is -2.54.